The number of carbonyl (C=O) groups excluding carboxylic acids is 2. The van der Waals surface area contributed by atoms with Gasteiger partial charge in [0.2, 0.25) is 11.8 Å². The molecular weight excluding hydrogens is 368 g/mol. The van der Waals surface area contributed by atoms with E-state index in [0.29, 0.717) is 36.9 Å². The molecule has 1 atom stereocenters. The van der Waals surface area contributed by atoms with Gasteiger partial charge >= 0.3 is 0 Å². The maximum Gasteiger partial charge on any atom is 0.229 e. The quantitative estimate of drug-likeness (QED) is 0.744. The number of nitrogens with zero attached hydrogens (tertiary/aromatic N) is 1. The summed E-state index contributed by atoms with van der Waals surface area (Å²) in [5, 5.41) is 4.99. The van der Waals surface area contributed by atoms with Crippen LogP contribution in [-0.2, 0) is 9.59 Å². The second-order valence-electron chi connectivity index (χ2n) is 7.25. The minimum absolute atomic E-state index is 0.0383. The van der Waals surface area contributed by atoms with E-state index >= 15 is 0 Å². The maximum atomic E-state index is 12.8. The lowest BCUT2D eigenvalue weighted by Crippen LogP contribution is -2.28. The van der Waals surface area contributed by atoms with E-state index in [1.807, 2.05) is 42.5 Å². The van der Waals surface area contributed by atoms with Gasteiger partial charge in [0.1, 0.15) is 13.2 Å². The monoisotopic (exact) mass is 388 g/mol. The van der Waals surface area contributed by atoms with Crippen molar-refractivity contribution in [2.45, 2.75) is 6.42 Å². The van der Waals surface area contributed by atoms with Crippen molar-refractivity contribution in [2.75, 3.05) is 30.0 Å². The van der Waals surface area contributed by atoms with Crippen LogP contribution in [0.25, 0.3) is 10.8 Å². The molecule has 6 nitrogen and oxygen atoms in total. The molecular formula is C23H20N2O4. The number of nitrogens with one attached hydrogen (secondary N) is 1. The molecule has 0 saturated carbocycles. The molecule has 3 aromatic rings. The van der Waals surface area contributed by atoms with Crippen LogP contribution in [0.15, 0.2) is 60.7 Å². The number of fused-ring (bicyclic) bond motifs is 2. The number of hydrogen-bond acceptors (Lipinski definition) is 4. The average Bonchev–Trinajstić information content (AvgIpc) is 3.15. The Morgan fingerprint density at radius 1 is 0.966 bits per heavy atom. The van der Waals surface area contributed by atoms with Gasteiger partial charge in [0, 0.05) is 30.1 Å². The molecule has 5 rings (SSSR count). The second kappa shape index (κ2) is 7.13. The first-order valence-corrected chi connectivity index (χ1v) is 9.68. The van der Waals surface area contributed by atoms with E-state index in [1.54, 1.807) is 23.1 Å². The van der Waals surface area contributed by atoms with Crippen molar-refractivity contribution in [1.29, 1.82) is 0 Å². The Kier molecular flexibility index (Phi) is 4.31. The van der Waals surface area contributed by atoms with Crippen LogP contribution in [0.5, 0.6) is 11.5 Å². The van der Waals surface area contributed by atoms with Gasteiger partial charge in [-0.1, -0.05) is 36.4 Å². The van der Waals surface area contributed by atoms with E-state index in [2.05, 4.69) is 5.32 Å². The van der Waals surface area contributed by atoms with Crippen LogP contribution in [0, 0.1) is 5.92 Å². The summed E-state index contributed by atoms with van der Waals surface area (Å²) in [6.45, 7) is 1.37. The van der Waals surface area contributed by atoms with Crippen molar-refractivity contribution in [3.05, 3.63) is 60.7 Å². The lowest BCUT2D eigenvalue weighted by atomic mass is 10.1. The van der Waals surface area contributed by atoms with E-state index < -0.39 is 5.92 Å². The van der Waals surface area contributed by atoms with Gasteiger partial charge in [-0.25, -0.2) is 0 Å². The molecule has 2 heterocycles. The van der Waals surface area contributed by atoms with Gasteiger partial charge in [-0.3, -0.25) is 9.59 Å². The highest BCUT2D eigenvalue weighted by Gasteiger charge is 2.35. The third kappa shape index (κ3) is 3.27. The van der Waals surface area contributed by atoms with Gasteiger partial charge < -0.3 is 19.7 Å². The number of anilines is 2. The predicted octanol–water partition coefficient (Wildman–Crippen LogP) is 3.60. The largest absolute Gasteiger partial charge is 0.486 e. The number of ether oxygens (including phenoxy) is 2. The molecule has 0 unspecified atom stereocenters. The molecule has 0 radical (unpaired) electrons. The van der Waals surface area contributed by atoms with Crippen LogP contribution in [0.2, 0.25) is 0 Å². The zero-order chi connectivity index (χ0) is 19.8. The lowest BCUT2D eigenvalue weighted by molar-refractivity contribution is -0.122. The Morgan fingerprint density at radius 3 is 2.66 bits per heavy atom. The van der Waals surface area contributed by atoms with Gasteiger partial charge in [-0.15, -0.1) is 0 Å². The smallest absolute Gasteiger partial charge is 0.229 e. The molecule has 29 heavy (non-hydrogen) atoms. The highest BCUT2D eigenvalue weighted by Crippen LogP contribution is 2.34. The number of rotatable bonds is 3. The molecule has 6 heteroatoms. The summed E-state index contributed by atoms with van der Waals surface area (Å²) in [6, 6.07) is 19.2. The standard InChI is InChI=1S/C23H20N2O4/c26-22-12-16(14-25(22)19-7-3-5-15-4-1-2-6-18(15)19)23(27)24-17-8-9-20-21(13-17)29-11-10-28-20/h1-9,13,16H,10-12,14H2,(H,24,27)/t16-/m0/s1. The Hall–Kier alpha value is -3.54. The number of benzene rings is 3. The first kappa shape index (κ1) is 17.6. The van der Waals surface area contributed by atoms with Crippen LogP contribution in [0.4, 0.5) is 11.4 Å². The summed E-state index contributed by atoms with van der Waals surface area (Å²) in [5.74, 6) is 0.678. The van der Waals surface area contributed by atoms with Gasteiger partial charge in [0.05, 0.1) is 11.6 Å². The summed E-state index contributed by atoms with van der Waals surface area (Å²) in [4.78, 5) is 27.2. The first-order chi connectivity index (χ1) is 14.2. The van der Waals surface area contributed by atoms with Crippen molar-refractivity contribution >= 4 is 34.0 Å². The van der Waals surface area contributed by atoms with E-state index in [1.165, 1.54) is 0 Å². The van der Waals surface area contributed by atoms with Crippen LogP contribution >= 0.6 is 0 Å². The maximum absolute atomic E-state index is 12.8. The number of carbonyl (C=O) groups is 2. The van der Waals surface area contributed by atoms with Gasteiger partial charge in [-0.2, -0.15) is 0 Å². The summed E-state index contributed by atoms with van der Waals surface area (Å²) >= 11 is 0. The van der Waals surface area contributed by atoms with Crippen molar-refractivity contribution in [2.24, 2.45) is 5.92 Å². The first-order valence-electron chi connectivity index (χ1n) is 9.68. The highest BCUT2D eigenvalue weighted by molar-refractivity contribution is 6.08. The fourth-order valence-corrected chi connectivity index (χ4v) is 3.93. The van der Waals surface area contributed by atoms with Gasteiger partial charge in [0.15, 0.2) is 11.5 Å². The normalized spacial score (nSPS) is 18.1. The molecule has 2 aliphatic heterocycles. The molecule has 0 aromatic heterocycles. The fraction of sp³-hybridized carbons (Fsp3) is 0.217. The second-order valence-corrected chi connectivity index (χ2v) is 7.25. The number of hydrogen-bond donors (Lipinski definition) is 1. The molecule has 1 fully saturated rings. The molecule has 0 aliphatic carbocycles. The zero-order valence-electron chi connectivity index (χ0n) is 15.8. The minimum Gasteiger partial charge on any atom is -0.486 e. The van der Waals surface area contributed by atoms with Crippen LogP contribution < -0.4 is 19.7 Å². The van der Waals surface area contributed by atoms with Crippen molar-refractivity contribution in [1.82, 2.24) is 0 Å². The van der Waals surface area contributed by atoms with Gasteiger partial charge in [-0.05, 0) is 23.6 Å². The Morgan fingerprint density at radius 2 is 1.76 bits per heavy atom. The lowest BCUT2D eigenvalue weighted by Gasteiger charge is -2.20. The topological polar surface area (TPSA) is 67.9 Å². The van der Waals surface area contributed by atoms with Gasteiger partial charge in [0.25, 0.3) is 0 Å². The van der Waals surface area contributed by atoms with E-state index in [9.17, 15) is 9.59 Å². The third-order valence-electron chi connectivity index (χ3n) is 5.36. The Balaban J connectivity index is 1.34. The molecule has 3 aromatic carbocycles. The molecule has 2 amide bonds. The average molecular weight is 388 g/mol. The zero-order valence-corrected chi connectivity index (χ0v) is 15.8. The van der Waals surface area contributed by atoms with E-state index in [0.717, 1.165) is 16.5 Å². The molecule has 2 aliphatic rings. The minimum atomic E-state index is -0.408. The molecule has 146 valence electrons. The molecule has 0 bridgehead atoms. The predicted molar refractivity (Wildman–Crippen MR) is 110 cm³/mol. The van der Waals surface area contributed by atoms with E-state index in [-0.39, 0.29) is 18.2 Å². The SMILES string of the molecule is O=C(Nc1ccc2c(c1)OCCO2)[C@H]1CC(=O)N(c2cccc3ccccc23)C1. The fourth-order valence-electron chi connectivity index (χ4n) is 3.93. The number of amides is 2. The van der Waals surface area contributed by atoms with Crippen LogP contribution in [0.3, 0.4) is 0 Å². The summed E-state index contributed by atoms with van der Waals surface area (Å²) in [7, 11) is 0. The van der Waals surface area contributed by atoms with Crippen LogP contribution in [-0.4, -0.2) is 31.6 Å². The Bertz CT molecular complexity index is 1110. The Labute approximate surface area is 168 Å². The third-order valence-corrected chi connectivity index (χ3v) is 5.36. The van der Waals surface area contributed by atoms with E-state index in [4.69, 9.17) is 9.47 Å². The van der Waals surface area contributed by atoms with Crippen LogP contribution in [0.1, 0.15) is 6.42 Å². The molecule has 1 saturated heterocycles. The molecule has 0 spiro atoms. The molecule has 1 N–H and O–H groups in total. The highest BCUT2D eigenvalue weighted by atomic mass is 16.6. The van der Waals surface area contributed by atoms with Crippen molar-refractivity contribution in [3.63, 3.8) is 0 Å². The van der Waals surface area contributed by atoms with Crippen molar-refractivity contribution in [3.8, 4) is 11.5 Å². The summed E-state index contributed by atoms with van der Waals surface area (Å²) in [6.07, 6.45) is 0.194. The summed E-state index contributed by atoms with van der Waals surface area (Å²) in [5.41, 5.74) is 1.48. The summed E-state index contributed by atoms with van der Waals surface area (Å²) < 4.78 is 11.1. The van der Waals surface area contributed by atoms with Crippen molar-refractivity contribution < 1.29 is 19.1 Å².